The third-order valence-electron chi connectivity index (χ3n) is 2.23. The summed E-state index contributed by atoms with van der Waals surface area (Å²) < 4.78 is 43.1. The van der Waals surface area contributed by atoms with Crippen molar-refractivity contribution in [3.63, 3.8) is 0 Å². The average molecular weight is 263 g/mol. The number of halogens is 3. The van der Waals surface area contributed by atoms with Gasteiger partial charge in [-0.3, -0.25) is 4.79 Å². The molecule has 1 atom stereocenters. The lowest BCUT2D eigenvalue weighted by Gasteiger charge is -2.21. The molecule has 18 heavy (non-hydrogen) atoms. The third kappa shape index (κ3) is 3.63. The number of carbonyl (C=O) groups is 1. The maximum atomic E-state index is 12.8. The number of aliphatic hydroxyl groups excluding tert-OH is 1. The molecule has 1 aromatic rings. The first-order valence-corrected chi connectivity index (χ1v) is 4.99. The molecule has 0 saturated carbocycles. The number of amides is 1. The van der Waals surface area contributed by atoms with E-state index < -0.39 is 24.7 Å². The van der Waals surface area contributed by atoms with Gasteiger partial charge in [0.15, 0.2) is 6.04 Å². The van der Waals surface area contributed by atoms with Gasteiger partial charge in [-0.25, -0.2) is 0 Å². The Hall–Kier alpha value is -1.76. The Balaban J connectivity index is 2.98. The van der Waals surface area contributed by atoms with E-state index in [1.807, 2.05) is 0 Å². The minimum absolute atomic E-state index is 0.134. The molecule has 2 N–H and O–H groups in total. The highest BCUT2D eigenvalue weighted by molar-refractivity contribution is 5.77. The summed E-state index contributed by atoms with van der Waals surface area (Å²) in [7, 11) is 1.39. The predicted molar refractivity (Wildman–Crippen MR) is 57.0 cm³/mol. The number of alkyl halides is 3. The Kier molecular flexibility index (Phi) is 4.55. The number of benzene rings is 1. The van der Waals surface area contributed by atoms with Crippen molar-refractivity contribution in [2.75, 3.05) is 13.7 Å². The van der Waals surface area contributed by atoms with E-state index in [-0.39, 0.29) is 5.56 Å². The molecule has 0 bridgehead atoms. The Labute approximate surface area is 101 Å². The van der Waals surface area contributed by atoms with Gasteiger partial charge in [0.1, 0.15) is 12.4 Å². The molecule has 0 saturated heterocycles. The number of hydrogen-bond acceptors (Lipinski definition) is 3. The van der Waals surface area contributed by atoms with Crippen molar-refractivity contribution in [3.05, 3.63) is 29.8 Å². The minimum atomic E-state index is -4.64. The molecule has 0 aromatic heterocycles. The van der Waals surface area contributed by atoms with Crippen LogP contribution >= 0.6 is 0 Å². The van der Waals surface area contributed by atoms with Gasteiger partial charge >= 0.3 is 6.18 Å². The second kappa shape index (κ2) is 5.72. The molecule has 1 aromatic carbocycles. The first kappa shape index (κ1) is 14.3. The van der Waals surface area contributed by atoms with Gasteiger partial charge < -0.3 is 15.2 Å². The summed E-state index contributed by atoms with van der Waals surface area (Å²) in [6.45, 7) is -0.997. The molecule has 0 spiro atoms. The molecular formula is C11H12F3NO3. The Morgan fingerprint density at radius 2 is 1.94 bits per heavy atom. The molecule has 0 heterocycles. The van der Waals surface area contributed by atoms with E-state index in [1.165, 1.54) is 31.4 Å². The normalized spacial score (nSPS) is 12.9. The molecule has 0 radical (unpaired) electrons. The number of hydrogen-bond donors (Lipinski definition) is 2. The zero-order valence-corrected chi connectivity index (χ0v) is 9.49. The van der Waals surface area contributed by atoms with E-state index in [0.29, 0.717) is 5.75 Å². The SMILES string of the molecule is COc1ccc(C(NC(=O)CO)C(F)(F)F)cc1. The smallest absolute Gasteiger partial charge is 0.412 e. The maximum Gasteiger partial charge on any atom is 0.412 e. The second-order valence-electron chi connectivity index (χ2n) is 3.47. The Morgan fingerprint density at radius 1 is 1.39 bits per heavy atom. The summed E-state index contributed by atoms with van der Waals surface area (Å²) in [6.07, 6.45) is -4.64. The Bertz CT molecular complexity index is 403. The van der Waals surface area contributed by atoms with Crippen LogP contribution in [0.1, 0.15) is 11.6 Å². The van der Waals surface area contributed by atoms with E-state index in [1.54, 1.807) is 5.32 Å². The van der Waals surface area contributed by atoms with Gasteiger partial charge in [-0.2, -0.15) is 13.2 Å². The molecule has 0 aliphatic heterocycles. The lowest BCUT2D eigenvalue weighted by atomic mass is 10.1. The summed E-state index contributed by atoms with van der Waals surface area (Å²) in [5, 5.41) is 10.2. The monoisotopic (exact) mass is 263 g/mol. The Morgan fingerprint density at radius 3 is 2.33 bits per heavy atom. The summed E-state index contributed by atoms with van der Waals surface area (Å²) in [4.78, 5) is 10.9. The quantitative estimate of drug-likeness (QED) is 0.863. The molecule has 1 rings (SSSR count). The fourth-order valence-corrected chi connectivity index (χ4v) is 1.36. The molecule has 0 aliphatic rings. The zero-order chi connectivity index (χ0) is 13.8. The van der Waals surface area contributed by atoms with Crippen molar-refractivity contribution < 1.29 is 27.8 Å². The van der Waals surface area contributed by atoms with Crippen LogP contribution < -0.4 is 10.1 Å². The van der Waals surface area contributed by atoms with Crippen LogP contribution in [0.2, 0.25) is 0 Å². The standard InChI is InChI=1S/C11H12F3NO3/c1-18-8-4-2-7(3-5-8)10(11(12,13)14)15-9(17)6-16/h2-5,10,16H,6H2,1H3,(H,15,17). The first-order valence-electron chi connectivity index (χ1n) is 4.99. The van der Waals surface area contributed by atoms with Crippen LogP contribution in [0, 0.1) is 0 Å². The van der Waals surface area contributed by atoms with Gasteiger partial charge in [0.2, 0.25) is 5.91 Å². The summed E-state index contributed by atoms with van der Waals surface area (Å²) in [6, 6.07) is 2.98. The first-order chi connectivity index (χ1) is 8.38. The van der Waals surface area contributed by atoms with Crippen LogP contribution in [0.5, 0.6) is 5.75 Å². The third-order valence-corrected chi connectivity index (χ3v) is 2.23. The molecule has 1 unspecified atom stereocenters. The van der Waals surface area contributed by atoms with Crippen molar-refractivity contribution in [3.8, 4) is 5.75 Å². The zero-order valence-electron chi connectivity index (χ0n) is 9.49. The number of methoxy groups -OCH3 is 1. The van der Waals surface area contributed by atoms with Gasteiger partial charge in [-0.1, -0.05) is 12.1 Å². The highest BCUT2D eigenvalue weighted by atomic mass is 19.4. The molecule has 0 aliphatic carbocycles. The topological polar surface area (TPSA) is 58.6 Å². The lowest BCUT2D eigenvalue weighted by molar-refractivity contribution is -0.164. The van der Waals surface area contributed by atoms with Gasteiger partial charge in [-0.05, 0) is 17.7 Å². The fraction of sp³-hybridized carbons (Fsp3) is 0.364. The second-order valence-corrected chi connectivity index (χ2v) is 3.47. The van der Waals surface area contributed by atoms with Crippen molar-refractivity contribution in [1.82, 2.24) is 5.32 Å². The van der Waals surface area contributed by atoms with E-state index in [0.717, 1.165) is 0 Å². The fourth-order valence-electron chi connectivity index (χ4n) is 1.36. The summed E-state index contributed by atoms with van der Waals surface area (Å²) in [5.41, 5.74) is -0.134. The molecule has 7 heteroatoms. The van der Waals surface area contributed by atoms with E-state index in [9.17, 15) is 18.0 Å². The largest absolute Gasteiger partial charge is 0.497 e. The van der Waals surface area contributed by atoms with E-state index >= 15 is 0 Å². The number of ether oxygens (including phenoxy) is 1. The van der Waals surface area contributed by atoms with Gasteiger partial charge in [-0.15, -0.1) is 0 Å². The maximum absolute atomic E-state index is 12.8. The van der Waals surface area contributed by atoms with Crippen molar-refractivity contribution in [1.29, 1.82) is 0 Å². The van der Waals surface area contributed by atoms with Gasteiger partial charge in [0, 0.05) is 0 Å². The summed E-state index contributed by atoms with van der Waals surface area (Å²) >= 11 is 0. The highest BCUT2D eigenvalue weighted by Gasteiger charge is 2.41. The molecular weight excluding hydrogens is 251 g/mol. The van der Waals surface area contributed by atoms with Crippen LogP contribution in [0.15, 0.2) is 24.3 Å². The summed E-state index contributed by atoms with van der Waals surface area (Å²) in [5.74, 6) is -0.679. The average Bonchev–Trinajstić information content (AvgIpc) is 2.34. The van der Waals surface area contributed by atoms with Crippen LogP contribution in [0.3, 0.4) is 0 Å². The molecule has 1 amide bonds. The van der Waals surface area contributed by atoms with Gasteiger partial charge in [0.25, 0.3) is 0 Å². The van der Waals surface area contributed by atoms with Crippen LogP contribution in [-0.2, 0) is 4.79 Å². The van der Waals surface area contributed by atoms with E-state index in [4.69, 9.17) is 9.84 Å². The minimum Gasteiger partial charge on any atom is -0.497 e. The lowest BCUT2D eigenvalue weighted by Crippen LogP contribution is -2.39. The van der Waals surface area contributed by atoms with Crippen molar-refractivity contribution in [2.45, 2.75) is 12.2 Å². The predicted octanol–water partition coefficient (Wildman–Crippen LogP) is 1.41. The molecule has 0 fully saturated rings. The molecule has 4 nitrogen and oxygen atoms in total. The van der Waals surface area contributed by atoms with E-state index in [2.05, 4.69) is 0 Å². The van der Waals surface area contributed by atoms with Crippen LogP contribution in [0.25, 0.3) is 0 Å². The van der Waals surface area contributed by atoms with Gasteiger partial charge in [0.05, 0.1) is 7.11 Å². The number of rotatable bonds is 4. The number of nitrogens with one attached hydrogen (secondary N) is 1. The van der Waals surface area contributed by atoms with Crippen molar-refractivity contribution >= 4 is 5.91 Å². The number of carbonyl (C=O) groups excluding carboxylic acids is 1. The number of aliphatic hydroxyl groups is 1. The van der Waals surface area contributed by atoms with Crippen LogP contribution in [0.4, 0.5) is 13.2 Å². The molecule has 100 valence electrons. The highest BCUT2D eigenvalue weighted by Crippen LogP contribution is 2.33. The van der Waals surface area contributed by atoms with Crippen LogP contribution in [-0.4, -0.2) is 30.9 Å². The van der Waals surface area contributed by atoms with Crippen molar-refractivity contribution in [2.24, 2.45) is 0 Å².